The van der Waals surface area contributed by atoms with Crippen molar-refractivity contribution in [2.45, 2.75) is 6.04 Å². The van der Waals surface area contributed by atoms with Gasteiger partial charge >= 0.3 is 0 Å². The molecular formula is C12H9BrF2N2. The molecule has 0 amide bonds. The lowest BCUT2D eigenvalue weighted by atomic mass is 10.0. The van der Waals surface area contributed by atoms with E-state index in [2.05, 4.69) is 20.9 Å². The van der Waals surface area contributed by atoms with Gasteiger partial charge in [0.15, 0.2) is 0 Å². The van der Waals surface area contributed by atoms with Crippen LogP contribution < -0.4 is 5.73 Å². The third kappa shape index (κ3) is 2.50. The summed E-state index contributed by atoms with van der Waals surface area (Å²) in [4.78, 5) is 3.70. The molecule has 0 bridgehead atoms. The van der Waals surface area contributed by atoms with Gasteiger partial charge in [-0.05, 0) is 23.8 Å². The first kappa shape index (κ1) is 12.1. The van der Waals surface area contributed by atoms with Crippen molar-refractivity contribution >= 4 is 15.9 Å². The van der Waals surface area contributed by atoms with Crippen molar-refractivity contribution in [1.82, 2.24) is 4.98 Å². The van der Waals surface area contributed by atoms with Crippen molar-refractivity contribution in [3.05, 3.63) is 63.9 Å². The number of aromatic nitrogens is 1. The summed E-state index contributed by atoms with van der Waals surface area (Å²) in [5, 5.41) is 0. The molecule has 5 heteroatoms. The monoisotopic (exact) mass is 298 g/mol. The fourth-order valence-corrected chi connectivity index (χ4v) is 2.16. The van der Waals surface area contributed by atoms with Gasteiger partial charge in [-0.3, -0.25) is 4.98 Å². The van der Waals surface area contributed by atoms with Crippen LogP contribution in [0.25, 0.3) is 0 Å². The maximum absolute atomic E-state index is 13.7. The Bertz CT molecular complexity index is 526. The molecule has 2 aromatic rings. The highest BCUT2D eigenvalue weighted by Gasteiger charge is 2.17. The molecule has 0 radical (unpaired) electrons. The van der Waals surface area contributed by atoms with Gasteiger partial charge in [0.25, 0.3) is 0 Å². The number of pyridine rings is 1. The molecule has 0 saturated carbocycles. The Morgan fingerprint density at radius 1 is 1.24 bits per heavy atom. The van der Waals surface area contributed by atoms with Gasteiger partial charge in [0.2, 0.25) is 0 Å². The molecule has 0 aliphatic rings. The highest BCUT2D eigenvalue weighted by Crippen LogP contribution is 2.28. The van der Waals surface area contributed by atoms with E-state index in [9.17, 15) is 8.78 Å². The van der Waals surface area contributed by atoms with Crippen molar-refractivity contribution < 1.29 is 8.78 Å². The number of halogens is 3. The fourth-order valence-electron chi connectivity index (χ4n) is 1.57. The predicted molar refractivity (Wildman–Crippen MR) is 64.3 cm³/mol. The minimum absolute atomic E-state index is 0.292. The average Bonchev–Trinajstić information content (AvgIpc) is 2.28. The van der Waals surface area contributed by atoms with Gasteiger partial charge in [-0.25, -0.2) is 8.78 Å². The molecule has 0 aliphatic heterocycles. The van der Waals surface area contributed by atoms with E-state index in [0.29, 0.717) is 15.6 Å². The summed E-state index contributed by atoms with van der Waals surface area (Å²) < 4.78 is 27.2. The first-order valence-corrected chi connectivity index (χ1v) is 5.69. The second-order valence-corrected chi connectivity index (χ2v) is 4.40. The second kappa shape index (κ2) is 4.89. The number of hydrogen-bond donors (Lipinski definition) is 1. The summed E-state index contributed by atoms with van der Waals surface area (Å²) >= 11 is 3.23. The van der Waals surface area contributed by atoms with E-state index >= 15 is 0 Å². The molecule has 1 aromatic heterocycles. The number of hydrogen-bond acceptors (Lipinski definition) is 2. The van der Waals surface area contributed by atoms with Crippen LogP contribution in [0.1, 0.15) is 17.2 Å². The van der Waals surface area contributed by atoms with E-state index in [1.807, 2.05) is 0 Å². The van der Waals surface area contributed by atoms with Crippen LogP contribution in [0.5, 0.6) is 0 Å². The van der Waals surface area contributed by atoms with Gasteiger partial charge in [-0.15, -0.1) is 0 Å². The molecule has 0 aliphatic carbocycles. The largest absolute Gasteiger partial charge is 0.320 e. The van der Waals surface area contributed by atoms with Gasteiger partial charge in [0, 0.05) is 16.2 Å². The van der Waals surface area contributed by atoms with Crippen LogP contribution in [0, 0.1) is 11.6 Å². The summed E-state index contributed by atoms with van der Waals surface area (Å²) in [6, 6.07) is 5.06. The standard InChI is InChI=1S/C12H9BrF2N2/c13-9-2-1-3-10(15)11(9)12(16)7-4-8(14)6-17-5-7/h1-6,12H,16H2. The smallest absolute Gasteiger partial charge is 0.141 e. The number of rotatable bonds is 2. The lowest BCUT2D eigenvalue weighted by molar-refractivity contribution is 0.592. The molecule has 1 atom stereocenters. The van der Waals surface area contributed by atoms with Crippen LogP contribution in [0.3, 0.4) is 0 Å². The van der Waals surface area contributed by atoms with Crippen molar-refractivity contribution in [3.63, 3.8) is 0 Å². The van der Waals surface area contributed by atoms with Gasteiger partial charge in [0.05, 0.1) is 12.2 Å². The Morgan fingerprint density at radius 3 is 2.65 bits per heavy atom. The summed E-state index contributed by atoms with van der Waals surface area (Å²) in [5.74, 6) is -0.929. The first-order valence-electron chi connectivity index (χ1n) is 4.89. The lowest BCUT2D eigenvalue weighted by Gasteiger charge is -2.14. The van der Waals surface area contributed by atoms with Crippen LogP contribution >= 0.6 is 15.9 Å². The van der Waals surface area contributed by atoms with Crippen LogP contribution in [-0.4, -0.2) is 4.98 Å². The van der Waals surface area contributed by atoms with Crippen molar-refractivity contribution in [2.75, 3.05) is 0 Å². The van der Waals surface area contributed by atoms with E-state index < -0.39 is 17.7 Å². The van der Waals surface area contributed by atoms with Crippen molar-refractivity contribution in [2.24, 2.45) is 5.73 Å². The minimum Gasteiger partial charge on any atom is -0.320 e. The summed E-state index contributed by atoms with van der Waals surface area (Å²) in [7, 11) is 0. The zero-order chi connectivity index (χ0) is 12.4. The molecule has 17 heavy (non-hydrogen) atoms. The SMILES string of the molecule is NC(c1cncc(F)c1)c1c(F)cccc1Br. The molecule has 2 rings (SSSR count). The molecule has 88 valence electrons. The highest BCUT2D eigenvalue weighted by atomic mass is 79.9. The molecule has 0 fully saturated rings. The fraction of sp³-hybridized carbons (Fsp3) is 0.0833. The molecule has 2 N–H and O–H groups in total. The summed E-state index contributed by atoms with van der Waals surface area (Å²) in [6.45, 7) is 0. The molecule has 1 heterocycles. The Hall–Kier alpha value is -1.33. The Kier molecular flexibility index (Phi) is 3.49. The van der Waals surface area contributed by atoms with E-state index in [1.165, 1.54) is 18.3 Å². The normalized spacial score (nSPS) is 12.5. The maximum atomic E-state index is 13.7. The predicted octanol–water partition coefficient (Wildman–Crippen LogP) is 3.17. The first-order chi connectivity index (χ1) is 8.09. The summed E-state index contributed by atoms with van der Waals surface area (Å²) in [5.41, 5.74) is 6.63. The van der Waals surface area contributed by atoms with Crippen LogP contribution in [0.2, 0.25) is 0 Å². The van der Waals surface area contributed by atoms with Gasteiger partial charge in [0.1, 0.15) is 11.6 Å². The average molecular weight is 299 g/mol. The summed E-state index contributed by atoms with van der Waals surface area (Å²) in [6.07, 6.45) is 2.50. The van der Waals surface area contributed by atoms with E-state index in [1.54, 1.807) is 12.1 Å². The van der Waals surface area contributed by atoms with Gasteiger partial charge in [-0.1, -0.05) is 22.0 Å². The van der Waals surface area contributed by atoms with Crippen LogP contribution in [0.4, 0.5) is 8.78 Å². The van der Waals surface area contributed by atoms with Gasteiger partial charge < -0.3 is 5.73 Å². The molecule has 2 nitrogen and oxygen atoms in total. The van der Waals surface area contributed by atoms with E-state index in [-0.39, 0.29) is 0 Å². The van der Waals surface area contributed by atoms with Crippen molar-refractivity contribution in [3.8, 4) is 0 Å². The van der Waals surface area contributed by atoms with Gasteiger partial charge in [-0.2, -0.15) is 0 Å². The molecular weight excluding hydrogens is 290 g/mol. The van der Waals surface area contributed by atoms with Crippen molar-refractivity contribution in [1.29, 1.82) is 0 Å². The molecule has 0 saturated heterocycles. The number of nitrogens with two attached hydrogens (primary N) is 1. The number of benzene rings is 1. The van der Waals surface area contributed by atoms with E-state index in [4.69, 9.17) is 5.73 Å². The maximum Gasteiger partial charge on any atom is 0.141 e. The quantitative estimate of drug-likeness (QED) is 0.925. The zero-order valence-electron chi connectivity index (χ0n) is 8.70. The van der Waals surface area contributed by atoms with Crippen LogP contribution in [0.15, 0.2) is 41.1 Å². The number of nitrogens with zero attached hydrogens (tertiary/aromatic N) is 1. The minimum atomic E-state index is -0.756. The molecule has 1 unspecified atom stereocenters. The second-order valence-electron chi connectivity index (χ2n) is 3.55. The molecule has 1 aromatic carbocycles. The molecule has 0 spiro atoms. The third-order valence-electron chi connectivity index (χ3n) is 2.40. The lowest BCUT2D eigenvalue weighted by Crippen LogP contribution is -2.15. The Labute approximate surface area is 106 Å². The van der Waals surface area contributed by atoms with E-state index in [0.717, 1.165) is 6.20 Å². The third-order valence-corrected chi connectivity index (χ3v) is 3.09. The Balaban J connectivity index is 2.47. The highest BCUT2D eigenvalue weighted by molar-refractivity contribution is 9.10. The Morgan fingerprint density at radius 2 is 2.00 bits per heavy atom. The zero-order valence-corrected chi connectivity index (χ0v) is 10.3. The van der Waals surface area contributed by atoms with Crippen LogP contribution in [-0.2, 0) is 0 Å². The topological polar surface area (TPSA) is 38.9 Å².